The maximum absolute atomic E-state index is 12.0. The number of carboxylic acids is 1. The van der Waals surface area contributed by atoms with Gasteiger partial charge in [0, 0.05) is 0 Å². The topological polar surface area (TPSA) is 57.5 Å². The average molecular weight is 322 g/mol. The van der Waals surface area contributed by atoms with Crippen LogP contribution in [0, 0.1) is 40.4 Å². The zero-order valence-corrected chi connectivity index (χ0v) is 15.2. The minimum Gasteiger partial charge on any atom is -0.481 e. The van der Waals surface area contributed by atoms with Gasteiger partial charge in [-0.2, -0.15) is 0 Å². The Morgan fingerprint density at radius 3 is 2.39 bits per heavy atom. The van der Waals surface area contributed by atoms with Crippen molar-refractivity contribution in [3.8, 4) is 0 Å². The summed E-state index contributed by atoms with van der Waals surface area (Å²) >= 11 is 0. The van der Waals surface area contributed by atoms with Gasteiger partial charge in [-0.3, -0.25) is 4.79 Å². The van der Waals surface area contributed by atoms with Crippen LogP contribution in [-0.4, -0.2) is 22.3 Å². The highest BCUT2D eigenvalue weighted by molar-refractivity contribution is 5.75. The molecule has 0 bridgehead atoms. The van der Waals surface area contributed by atoms with E-state index in [2.05, 4.69) is 20.8 Å². The van der Waals surface area contributed by atoms with E-state index in [-0.39, 0.29) is 11.5 Å². The highest BCUT2D eigenvalue weighted by Gasteiger charge is 2.60. The van der Waals surface area contributed by atoms with Crippen molar-refractivity contribution < 1.29 is 15.0 Å². The smallest absolute Gasteiger partial charge is 0.309 e. The molecule has 3 aliphatic carbocycles. The normalized spacial score (nSPS) is 50.3. The molecule has 132 valence electrons. The molecule has 0 aromatic carbocycles. The summed E-state index contributed by atoms with van der Waals surface area (Å²) < 4.78 is 0. The molecule has 0 spiro atoms. The first-order chi connectivity index (χ1) is 10.7. The summed E-state index contributed by atoms with van der Waals surface area (Å²) in [5.41, 5.74) is -0.414. The van der Waals surface area contributed by atoms with Crippen LogP contribution in [0.15, 0.2) is 0 Å². The third-order valence-corrected chi connectivity index (χ3v) is 8.10. The molecule has 3 rings (SSSR count). The number of carbonyl (C=O) groups is 1. The molecule has 7 atom stereocenters. The lowest BCUT2D eigenvalue weighted by atomic mass is 9.42. The maximum Gasteiger partial charge on any atom is 0.309 e. The van der Waals surface area contributed by atoms with Gasteiger partial charge in [-0.15, -0.1) is 0 Å². The fourth-order valence-corrected chi connectivity index (χ4v) is 7.08. The van der Waals surface area contributed by atoms with E-state index in [1.54, 1.807) is 0 Å². The van der Waals surface area contributed by atoms with Gasteiger partial charge >= 0.3 is 5.97 Å². The number of aliphatic hydroxyl groups is 1. The fourth-order valence-electron chi connectivity index (χ4n) is 7.08. The average Bonchev–Trinajstić information content (AvgIpc) is 2.45. The van der Waals surface area contributed by atoms with E-state index < -0.39 is 11.4 Å². The number of fused-ring (bicyclic) bond motifs is 3. The molecule has 23 heavy (non-hydrogen) atoms. The SMILES string of the molecule is CC(C)C1C(O)CCC2C1CCC1C(C)(C(=O)O)CCCC21C. The lowest BCUT2D eigenvalue weighted by molar-refractivity contribution is -0.181. The first-order valence-electron chi connectivity index (χ1n) is 9.63. The predicted molar refractivity (Wildman–Crippen MR) is 91.0 cm³/mol. The number of hydrogen-bond donors (Lipinski definition) is 2. The zero-order chi connectivity index (χ0) is 17.0. The third-order valence-electron chi connectivity index (χ3n) is 8.10. The van der Waals surface area contributed by atoms with E-state index in [9.17, 15) is 15.0 Å². The Bertz CT molecular complexity index is 474. The van der Waals surface area contributed by atoms with E-state index in [1.807, 2.05) is 6.92 Å². The Balaban J connectivity index is 1.95. The van der Waals surface area contributed by atoms with Crippen molar-refractivity contribution in [2.75, 3.05) is 0 Å². The quantitative estimate of drug-likeness (QED) is 0.795. The van der Waals surface area contributed by atoms with Crippen LogP contribution in [0.2, 0.25) is 0 Å². The molecule has 2 N–H and O–H groups in total. The van der Waals surface area contributed by atoms with Crippen molar-refractivity contribution in [3.05, 3.63) is 0 Å². The van der Waals surface area contributed by atoms with Crippen LogP contribution in [0.3, 0.4) is 0 Å². The molecular formula is C20H34O3. The van der Waals surface area contributed by atoms with Gasteiger partial charge in [0.2, 0.25) is 0 Å². The Hall–Kier alpha value is -0.570. The molecule has 0 heterocycles. The highest BCUT2D eigenvalue weighted by Crippen LogP contribution is 2.65. The summed E-state index contributed by atoms with van der Waals surface area (Å²) in [7, 11) is 0. The van der Waals surface area contributed by atoms with Gasteiger partial charge in [-0.05, 0) is 80.5 Å². The predicted octanol–water partition coefficient (Wildman–Crippen LogP) is 4.34. The standard InChI is InChI=1S/C20H34O3/c1-12(2)17-13-6-9-16-19(3,14(13)7-8-15(17)21)10-5-11-20(16,4)18(22)23/h12-17,21H,5-11H2,1-4H3,(H,22,23). The molecular weight excluding hydrogens is 288 g/mol. The van der Waals surface area contributed by atoms with Crippen molar-refractivity contribution in [1.82, 2.24) is 0 Å². The van der Waals surface area contributed by atoms with Crippen LogP contribution in [0.5, 0.6) is 0 Å². The second kappa shape index (κ2) is 5.75. The van der Waals surface area contributed by atoms with E-state index in [1.165, 1.54) is 6.42 Å². The molecule has 0 amide bonds. The Kier molecular flexibility index (Phi) is 4.32. The highest BCUT2D eigenvalue weighted by atomic mass is 16.4. The first-order valence-corrected chi connectivity index (χ1v) is 9.63. The molecule has 3 heteroatoms. The lowest BCUT2D eigenvalue weighted by Crippen LogP contribution is -2.58. The molecule has 0 saturated heterocycles. The second-order valence-corrected chi connectivity index (χ2v) is 9.45. The Morgan fingerprint density at radius 1 is 1.09 bits per heavy atom. The van der Waals surface area contributed by atoms with Crippen LogP contribution >= 0.6 is 0 Å². The van der Waals surface area contributed by atoms with Crippen molar-refractivity contribution in [3.63, 3.8) is 0 Å². The van der Waals surface area contributed by atoms with Crippen molar-refractivity contribution >= 4 is 5.97 Å². The van der Waals surface area contributed by atoms with Crippen molar-refractivity contribution in [1.29, 1.82) is 0 Å². The molecule has 0 aromatic rings. The first kappa shape index (κ1) is 17.3. The number of aliphatic hydroxyl groups excluding tert-OH is 1. The second-order valence-electron chi connectivity index (χ2n) is 9.45. The van der Waals surface area contributed by atoms with Gasteiger partial charge < -0.3 is 10.2 Å². The van der Waals surface area contributed by atoms with Crippen LogP contribution in [0.4, 0.5) is 0 Å². The van der Waals surface area contributed by atoms with Gasteiger partial charge in [-0.1, -0.05) is 27.2 Å². The van der Waals surface area contributed by atoms with Gasteiger partial charge in [0.25, 0.3) is 0 Å². The molecule has 3 aliphatic rings. The summed E-state index contributed by atoms with van der Waals surface area (Å²) in [6.07, 6.45) is 6.98. The Morgan fingerprint density at radius 2 is 1.78 bits per heavy atom. The van der Waals surface area contributed by atoms with Crippen molar-refractivity contribution in [2.45, 2.75) is 78.7 Å². The van der Waals surface area contributed by atoms with Crippen LogP contribution < -0.4 is 0 Å². The molecule has 3 nitrogen and oxygen atoms in total. The summed E-state index contributed by atoms with van der Waals surface area (Å²) in [5.74, 6) is 1.78. The number of aliphatic carboxylic acids is 1. The Labute approximate surface area is 140 Å². The molecule has 0 radical (unpaired) electrons. The molecule has 0 aliphatic heterocycles. The molecule has 7 unspecified atom stereocenters. The van der Waals surface area contributed by atoms with Gasteiger partial charge in [0.15, 0.2) is 0 Å². The summed E-state index contributed by atoms with van der Waals surface area (Å²) in [6, 6.07) is 0. The maximum atomic E-state index is 12.0. The van der Waals surface area contributed by atoms with Crippen LogP contribution in [0.25, 0.3) is 0 Å². The lowest BCUT2D eigenvalue weighted by Gasteiger charge is -2.62. The van der Waals surface area contributed by atoms with E-state index in [0.717, 1.165) is 38.5 Å². The fraction of sp³-hybridized carbons (Fsp3) is 0.950. The molecule has 0 aromatic heterocycles. The van der Waals surface area contributed by atoms with Crippen molar-refractivity contribution in [2.24, 2.45) is 40.4 Å². The third kappa shape index (κ3) is 2.45. The van der Waals surface area contributed by atoms with E-state index >= 15 is 0 Å². The summed E-state index contributed by atoms with van der Waals surface area (Å²) in [5, 5.41) is 20.4. The molecule has 3 saturated carbocycles. The minimum absolute atomic E-state index is 0.140. The minimum atomic E-state index is -0.594. The van der Waals surface area contributed by atoms with E-state index in [4.69, 9.17) is 0 Å². The summed E-state index contributed by atoms with van der Waals surface area (Å²) in [4.78, 5) is 12.0. The van der Waals surface area contributed by atoms with Crippen LogP contribution in [-0.2, 0) is 4.79 Å². The number of carboxylic acid groups (broad SMARTS) is 1. The number of hydrogen-bond acceptors (Lipinski definition) is 2. The zero-order valence-electron chi connectivity index (χ0n) is 15.2. The van der Waals surface area contributed by atoms with Gasteiger partial charge in [0.05, 0.1) is 11.5 Å². The summed E-state index contributed by atoms with van der Waals surface area (Å²) in [6.45, 7) is 8.86. The van der Waals surface area contributed by atoms with E-state index in [0.29, 0.717) is 29.6 Å². The van der Waals surface area contributed by atoms with Crippen LogP contribution in [0.1, 0.15) is 72.6 Å². The van der Waals surface area contributed by atoms with Gasteiger partial charge in [0.1, 0.15) is 0 Å². The molecule has 3 fully saturated rings. The van der Waals surface area contributed by atoms with Gasteiger partial charge in [-0.25, -0.2) is 0 Å². The monoisotopic (exact) mass is 322 g/mol. The largest absolute Gasteiger partial charge is 0.481 e. The number of rotatable bonds is 2.